The van der Waals surface area contributed by atoms with Crippen molar-refractivity contribution in [1.82, 2.24) is 5.32 Å². The Bertz CT molecular complexity index is 405. The number of nitrogens with one attached hydrogen (secondary N) is 1. The molecule has 0 aliphatic heterocycles. The molecule has 0 spiro atoms. The molecular weight excluding hydrogens is 242 g/mol. The minimum absolute atomic E-state index is 0.126. The summed E-state index contributed by atoms with van der Waals surface area (Å²) in [4.78, 5) is 12.0. The first kappa shape index (κ1) is 14.1. The molecule has 4 nitrogen and oxygen atoms in total. The SMILES string of the molecule is Cc1ccc(CCNC(=O)C2CCC(CO)CC2)o1. The van der Waals surface area contributed by atoms with Gasteiger partial charge in [-0.3, -0.25) is 4.79 Å². The number of rotatable bonds is 5. The third-order valence-electron chi connectivity index (χ3n) is 3.94. The first-order chi connectivity index (χ1) is 9.19. The summed E-state index contributed by atoms with van der Waals surface area (Å²) in [6, 6.07) is 3.89. The molecule has 1 saturated carbocycles. The Balaban J connectivity index is 1.67. The lowest BCUT2D eigenvalue weighted by Crippen LogP contribution is -2.34. The zero-order valence-corrected chi connectivity index (χ0v) is 11.5. The predicted molar refractivity (Wildman–Crippen MR) is 72.7 cm³/mol. The molecule has 19 heavy (non-hydrogen) atoms. The van der Waals surface area contributed by atoms with Crippen LogP contribution in [-0.2, 0) is 11.2 Å². The van der Waals surface area contributed by atoms with Crippen LogP contribution in [0.1, 0.15) is 37.2 Å². The van der Waals surface area contributed by atoms with Crippen LogP contribution in [0, 0.1) is 18.8 Å². The van der Waals surface area contributed by atoms with E-state index in [0.29, 0.717) is 12.5 Å². The van der Waals surface area contributed by atoms with Gasteiger partial charge in [0.2, 0.25) is 5.91 Å². The number of aliphatic hydroxyl groups is 1. The van der Waals surface area contributed by atoms with Crippen LogP contribution in [-0.4, -0.2) is 24.2 Å². The van der Waals surface area contributed by atoms with Gasteiger partial charge in [-0.2, -0.15) is 0 Å². The molecule has 2 rings (SSSR count). The standard InChI is InChI=1S/C15H23NO3/c1-11-2-7-14(19-11)8-9-16-15(18)13-5-3-12(10-17)4-6-13/h2,7,12-13,17H,3-6,8-10H2,1H3,(H,16,18). The number of aryl methyl sites for hydroxylation is 1. The van der Waals surface area contributed by atoms with Gasteiger partial charge in [0.1, 0.15) is 11.5 Å². The monoisotopic (exact) mass is 265 g/mol. The predicted octanol–water partition coefficient (Wildman–Crippen LogP) is 2.05. The number of amides is 1. The van der Waals surface area contributed by atoms with Crippen molar-refractivity contribution in [3.05, 3.63) is 23.7 Å². The third-order valence-corrected chi connectivity index (χ3v) is 3.94. The van der Waals surface area contributed by atoms with Crippen molar-refractivity contribution in [3.8, 4) is 0 Å². The molecule has 1 fully saturated rings. The summed E-state index contributed by atoms with van der Waals surface area (Å²) in [5, 5.41) is 12.1. The molecule has 1 aliphatic rings. The van der Waals surface area contributed by atoms with Gasteiger partial charge in [0.15, 0.2) is 0 Å². The minimum atomic E-state index is 0.126. The van der Waals surface area contributed by atoms with Gasteiger partial charge in [-0.1, -0.05) is 0 Å². The van der Waals surface area contributed by atoms with E-state index in [-0.39, 0.29) is 18.4 Å². The highest BCUT2D eigenvalue weighted by atomic mass is 16.3. The number of hydrogen-bond acceptors (Lipinski definition) is 3. The second-order valence-electron chi connectivity index (χ2n) is 5.45. The Kier molecular flexibility index (Phi) is 5.02. The zero-order chi connectivity index (χ0) is 13.7. The van der Waals surface area contributed by atoms with Gasteiger partial charge in [0, 0.05) is 25.5 Å². The Morgan fingerprint density at radius 2 is 2.11 bits per heavy atom. The molecule has 1 amide bonds. The van der Waals surface area contributed by atoms with E-state index in [1.165, 1.54) is 0 Å². The van der Waals surface area contributed by atoms with Crippen molar-refractivity contribution >= 4 is 5.91 Å². The first-order valence-electron chi connectivity index (χ1n) is 7.13. The van der Waals surface area contributed by atoms with Crippen LogP contribution in [0.3, 0.4) is 0 Å². The summed E-state index contributed by atoms with van der Waals surface area (Å²) in [5.74, 6) is 2.50. The molecule has 4 heteroatoms. The molecule has 1 aromatic heterocycles. The van der Waals surface area contributed by atoms with Crippen LogP contribution < -0.4 is 5.32 Å². The normalized spacial score (nSPS) is 23.3. The second kappa shape index (κ2) is 6.75. The Morgan fingerprint density at radius 3 is 2.68 bits per heavy atom. The van der Waals surface area contributed by atoms with Crippen molar-refractivity contribution in [2.45, 2.75) is 39.0 Å². The summed E-state index contributed by atoms with van der Waals surface area (Å²) in [6.45, 7) is 2.81. The topological polar surface area (TPSA) is 62.5 Å². The summed E-state index contributed by atoms with van der Waals surface area (Å²) in [6.07, 6.45) is 4.47. The highest BCUT2D eigenvalue weighted by Gasteiger charge is 2.25. The summed E-state index contributed by atoms with van der Waals surface area (Å²) >= 11 is 0. The Hall–Kier alpha value is -1.29. The zero-order valence-electron chi connectivity index (χ0n) is 11.5. The molecule has 0 aromatic carbocycles. The van der Waals surface area contributed by atoms with Gasteiger partial charge >= 0.3 is 0 Å². The van der Waals surface area contributed by atoms with Crippen molar-refractivity contribution in [2.24, 2.45) is 11.8 Å². The fourth-order valence-corrected chi connectivity index (χ4v) is 2.68. The van der Waals surface area contributed by atoms with Gasteiger partial charge in [-0.15, -0.1) is 0 Å². The first-order valence-corrected chi connectivity index (χ1v) is 7.13. The second-order valence-corrected chi connectivity index (χ2v) is 5.45. The van der Waals surface area contributed by atoms with Crippen molar-refractivity contribution in [3.63, 3.8) is 0 Å². The number of furan rings is 1. The number of hydrogen-bond donors (Lipinski definition) is 2. The van der Waals surface area contributed by atoms with E-state index in [4.69, 9.17) is 9.52 Å². The van der Waals surface area contributed by atoms with Crippen LogP contribution in [0.2, 0.25) is 0 Å². The molecule has 1 heterocycles. The minimum Gasteiger partial charge on any atom is -0.466 e. The van der Waals surface area contributed by atoms with Crippen molar-refractivity contribution < 1.29 is 14.3 Å². The van der Waals surface area contributed by atoms with Crippen LogP contribution in [0.15, 0.2) is 16.5 Å². The molecule has 106 valence electrons. The lowest BCUT2D eigenvalue weighted by atomic mass is 9.82. The number of carbonyl (C=O) groups excluding carboxylic acids is 1. The molecule has 0 unspecified atom stereocenters. The fourth-order valence-electron chi connectivity index (χ4n) is 2.68. The molecule has 0 saturated heterocycles. The van der Waals surface area contributed by atoms with E-state index in [1.54, 1.807) is 0 Å². The van der Waals surface area contributed by atoms with E-state index < -0.39 is 0 Å². The average molecular weight is 265 g/mol. The van der Waals surface area contributed by atoms with Gasteiger partial charge in [-0.25, -0.2) is 0 Å². The van der Waals surface area contributed by atoms with Gasteiger partial charge in [-0.05, 0) is 50.7 Å². The highest BCUT2D eigenvalue weighted by Crippen LogP contribution is 2.28. The van der Waals surface area contributed by atoms with Gasteiger partial charge in [0.25, 0.3) is 0 Å². The van der Waals surface area contributed by atoms with Gasteiger partial charge < -0.3 is 14.8 Å². The highest BCUT2D eigenvalue weighted by molar-refractivity contribution is 5.78. The van der Waals surface area contributed by atoms with Crippen molar-refractivity contribution in [2.75, 3.05) is 13.2 Å². The van der Waals surface area contributed by atoms with E-state index in [2.05, 4.69) is 5.32 Å². The smallest absolute Gasteiger partial charge is 0.223 e. The average Bonchev–Trinajstić information content (AvgIpc) is 2.84. The molecule has 1 aromatic rings. The molecular formula is C15H23NO3. The Morgan fingerprint density at radius 1 is 1.37 bits per heavy atom. The molecule has 1 aliphatic carbocycles. The summed E-state index contributed by atoms with van der Waals surface area (Å²) < 4.78 is 5.46. The van der Waals surface area contributed by atoms with E-state index >= 15 is 0 Å². The van der Waals surface area contributed by atoms with E-state index in [1.807, 2.05) is 19.1 Å². The third kappa shape index (κ3) is 4.10. The summed E-state index contributed by atoms with van der Waals surface area (Å²) in [7, 11) is 0. The number of carbonyl (C=O) groups is 1. The number of aliphatic hydroxyl groups excluding tert-OH is 1. The van der Waals surface area contributed by atoms with Crippen molar-refractivity contribution in [1.29, 1.82) is 0 Å². The fraction of sp³-hybridized carbons (Fsp3) is 0.667. The maximum atomic E-state index is 12.0. The molecule has 2 N–H and O–H groups in total. The van der Waals surface area contributed by atoms with E-state index in [0.717, 1.165) is 43.6 Å². The van der Waals surface area contributed by atoms with Crippen LogP contribution in [0.25, 0.3) is 0 Å². The largest absolute Gasteiger partial charge is 0.466 e. The Labute approximate surface area is 114 Å². The maximum absolute atomic E-state index is 12.0. The molecule has 0 radical (unpaired) electrons. The van der Waals surface area contributed by atoms with Crippen LogP contribution >= 0.6 is 0 Å². The maximum Gasteiger partial charge on any atom is 0.223 e. The van der Waals surface area contributed by atoms with Crippen LogP contribution in [0.4, 0.5) is 0 Å². The van der Waals surface area contributed by atoms with Gasteiger partial charge in [0.05, 0.1) is 0 Å². The quantitative estimate of drug-likeness (QED) is 0.856. The molecule has 0 atom stereocenters. The lowest BCUT2D eigenvalue weighted by Gasteiger charge is -2.26. The van der Waals surface area contributed by atoms with E-state index in [9.17, 15) is 4.79 Å². The lowest BCUT2D eigenvalue weighted by molar-refractivity contribution is -0.126. The summed E-state index contributed by atoms with van der Waals surface area (Å²) in [5.41, 5.74) is 0. The van der Waals surface area contributed by atoms with Crippen LogP contribution in [0.5, 0.6) is 0 Å². The molecule has 0 bridgehead atoms.